The summed E-state index contributed by atoms with van der Waals surface area (Å²) in [5, 5.41) is 0. The van der Waals surface area contributed by atoms with E-state index in [2.05, 4.69) is 0 Å². The van der Waals surface area contributed by atoms with Gasteiger partial charge >= 0.3 is 23.9 Å². The van der Waals surface area contributed by atoms with Crippen molar-refractivity contribution in [2.45, 2.75) is 111 Å². The molecular weight excluding hydrogens is 514 g/mol. The van der Waals surface area contributed by atoms with Gasteiger partial charge in [0.1, 0.15) is 11.6 Å². The average molecular weight is 564 g/mol. The smallest absolute Gasteiger partial charge is 0.326 e. The van der Waals surface area contributed by atoms with Crippen molar-refractivity contribution in [2.75, 3.05) is 7.11 Å². The highest BCUT2D eigenvalue weighted by Gasteiger charge is 2.38. The Balaban J connectivity index is 3.28. The van der Waals surface area contributed by atoms with Gasteiger partial charge in [-0.1, -0.05) is 66.9 Å². The van der Waals surface area contributed by atoms with E-state index in [0.717, 1.165) is 19.3 Å². The Kier molecular flexibility index (Phi) is 14.9. The summed E-state index contributed by atoms with van der Waals surface area (Å²) in [6.45, 7) is 13.2. The Morgan fingerprint density at radius 2 is 1.43 bits per heavy atom. The fourth-order valence-corrected chi connectivity index (χ4v) is 4.40. The number of benzene rings is 1. The highest BCUT2D eigenvalue weighted by molar-refractivity contribution is 5.81. The molecular formula is C31H49NO8. The lowest BCUT2D eigenvalue weighted by Gasteiger charge is -2.29. The Hall–Kier alpha value is -2.94. The minimum Gasteiger partial charge on any atom is -0.468 e. The molecule has 0 heterocycles. The standard InChI is InChI=1S/C31H49NO8/c1-9-12-21(5)28(34)39-25-15-14-24(17-26(25)40-29(35)22(6)13-10-2)19-31(32,30(36)37-8)18-23(7)38-27(33)16-20(4)11-3/h14-15,17,20-23H,9-13,16,18-19,32H2,1-8H3/t20?,21?,22?,23-,31?/m0/s1. The predicted molar refractivity (Wildman–Crippen MR) is 153 cm³/mol. The summed E-state index contributed by atoms with van der Waals surface area (Å²) in [6.07, 6.45) is 3.43. The van der Waals surface area contributed by atoms with Gasteiger partial charge in [-0.05, 0) is 43.4 Å². The minimum absolute atomic E-state index is 0.00244. The lowest BCUT2D eigenvalue weighted by atomic mass is 9.86. The summed E-state index contributed by atoms with van der Waals surface area (Å²) in [5.41, 5.74) is 5.58. The van der Waals surface area contributed by atoms with Gasteiger partial charge in [0.05, 0.1) is 18.9 Å². The molecule has 226 valence electrons. The molecule has 0 aliphatic heterocycles. The number of ether oxygens (including phenoxy) is 4. The summed E-state index contributed by atoms with van der Waals surface area (Å²) in [6, 6.07) is 4.74. The van der Waals surface area contributed by atoms with Crippen LogP contribution in [0.4, 0.5) is 0 Å². The largest absolute Gasteiger partial charge is 0.468 e. The number of carbonyl (C=O) groups excluding carboxylic acids is 4. The van der Waals surface area contributed by atoms with Crippen molar-refractivity contribution in [3.63, 3.8) is 0 Å². The van der Waals surface area contributed by atoms with Crippen LogP contribution in [-0.4, -0.2) is 42.6 Å². The van der Waals surface area contributed by atoms with Crippen LogP contribution in [0.15, 0.2) is 18.2 Å². The van der Waals surface area contributed by atoms with E-state index in [4.69, 9.17) is 24.7 Å². The van der Waals surface area contributed by atoms with E-state index >= 15 is 0 Å². The van der Waals surface area contributed by atoms with Gasteiger partial charge in [0.15, 0.2) is 11.5 Å². The Morgan fingerprint density at radius 1 is 0.875 bits per heavy atom. The molecule has 1 aromatic rings. The number of nitrogens with two attached hydrogens (primary N) is 1. The predicted octanol–water partition coefficient (Wildman–Crippen LogP) is 5.54. The second kappa shape index (κ2) is 17.0. The summed E-state index contributed by atoms with van der Waals surface area (Å²) < 4.78 is 21.8. The topological polar surface area (TPSA) is 131 Å². The van der Waals surface area contributed by atoms with E-state index in [1.807, 2.05) is 27.7 Å². The third-order valence-corrected chi connectivity index (χ3v) is 6.99. The Labute approximate surface area is 239 Å². The van der Waals surface area contributed by atoms with Crippen LogP contribution in [0.2, 0.25) is 0 Å². The quantitative estimate of drug-likeness (QED) is 0.192. The molecule has 0 saturated carbocycles. The van der Waals surface area contributed by atoms with Crippen molar-refractivity contribution in [2.24, 2.45) is 23.5 Å². The van der Waals surface area contributed by atoms with E-state index in [1.54, 1.807) is 32.9 Å². The number of esters is 4. The van der Waals surface area contributed by atoms with Gasteiger partial charge in [0.2, 0.25) is 0 Å². The van der Waals surface area contributed by atoms with Crippen LogP contribution in [0.5, 0.6) is 11.5 Å². The zero-order chi connectivity index (χ0) is 30.5. The van der Waals surface area contributed by atoms with E-state index in [-0.39, 0.29) is 54.5 Å². The highest BCUT2D eigenvalue weighted by Crippen LogP contribution is 2.32. The van der Waals surface area contributed by atoms with Crippen molar-refractivity contribution >= 4 is 23.9 Å². The molecule has 1 rings (SSSR count). The van der Waals surface area contributed by atoms with Crippen LogP contribution in [0.25, 0.3) is 0 Å². The molecule has 0 spiro atoms. The van der Waals surface area contributed by atoms with Gasteiger partial charge in [0.25, 0.3) is 0 Å². The molecule has 0 saturated heterocycles. The molecule has 0 aliphatic rings. The molecule has 9 nitrogen and oxygen atoms in total. The van der Waals surface area contributed by atoms with Crippen LogP contribution < -0.4 is 15.2 Å². The van der Waals surface area contributed by atoms with Crippen molar-refractivity contribution in [3.05, 3.63) is 23.8 Å². The van der Waals surface area contributed by atoms with Gasteiger partial charge in [-0.3, -0.25) is 19.2 Å². The fraction of sp³-hybridized carbons (Fsp3) is 0.677. The lowest BCUT2D eigenvalue weighted by Crippen LogP contribution is -2.53. The monoisotopic (exact) mass is 563 g/mol. The molecule has 2 N–H and O–H groups in total. The summed E-state index contributed by atoms with van der Waals surface area (Å²) >= 11 is 0. The average Bonchev–Trinajstić information content (AvgIpc) is 2.89. The van der Waals surface area contributed by atoms with Crippen LogP contribution in [0.1, 0.15) is 99.0 Å². The maximum absolute atomic E-state index is 12.8. The molecule has 9 heteroatoms. The molecule has 0 aliphatic carbocycles. The first kappa shape index (κ1) is 35.1. The van der Waals surface area contributed by atoms with Crippen molar-refractivity contribution < 1.29 is 38.1 Å². The van der Waals surface area contributed by atoms with Gasteiger partial charge in [-0.25, -0.2) is 0 Å². The lowest BCUT2D eigenvalue weighted by molar-refractivity contribution is -0.155. The third-order valence-electron chi connectivity index (χ3n) is 6.99. The Morgan fingerprint density at radius 3 is 1.93 bits per heavy atom. The van der Waals surface area contributed by atoms with Gasteiger partial charge in [-0.15, -0.1) is 0 Å². The van der Waals surface area contributed by atoms with E-state index in [9.17, 15) is 19.2 Å². The van der Waals surface area contributed by atoms with E-state index in [1.165, 1.54) is 13.2 Å². The maximum atomic E-state index is 12.8. The van der Waals surface area contributed by atoms with Crippen LogP contribution in [0, 0.1) is 17.8 Å². The fourth-order valence-electron chi connectivity index (χ4n) is 4.40. The van der Waals surface area contributed by atoms with Crippen molar-refractivity contribution in [1.29, 1.82) is 0 Å². The second-order valence-electron chi connectivity index (χ2n) is 11.0. The van der Waals surface area contributed by atoms with E-state index in [0.29, 0.717) is 18.4 Å². The molecule has 0 radical (unpaired) electrons. The van der Waals surface area contributed by atoms with Gasteiger partial charge in [-0.2, -0.15) is 0 Å². The van der Waals surface area contributed by atoms with Gasteiger partial charge < -0.3 is 24.7 Å². The summed E-state index contributed by atoms with van der Waals surface area (Å²) in [5.74, 6) is -2.22. The number of carbonyl (C=O) groups is 4. The molecule has 1 aromatic carbocycles. The van der Waals surface area contributed by atoms with E-state index < -0.39 is 29.6 Å². The molecule has 5 atom stereocenters. The second-order valence-corrected chi connectivity index (χ2v) is 11.0. The number of hydrogen-bond donors (Lipinski definition) is 1. The molecule has 40 heavy (non-hydrogen) atoms. The maximum Gasteiger partial charge on any atom is 0.326 e. The molecule has 0 fully saturated rings. The number of hydrogen-bond acceptors (Lipinski definition) is 9. The zero-order valence-electron chi connectivity index (χ0n) is 25.5. The zero-order valence-corrected chi connectivity index (χ0v) is 25.5. The molecule has 0 bridgehead atoms. The first-order valence-electron chi connectivity index (χ1n) is 14.4. The minimum atomic E-state index is -1.53. The number of rotatable bonds is 17. The van der Waals surface area contributed by atoms with Crippen molar-refractivity contribution in [1.82, 2.24) is 0 Å². The Bertz CT molecular complexity index is 994. The highest BCUT2D eigenvalue weighted by atomic mass is 16.6. The van der Waals surface area contributed by atoms with Crippen molar-refractivity contribution in [3.8, 4) is 11.5 Å². The molecule has 0 amide bonds. The summed E-state index contributed by atoms with van der Waals surface area (Å²) in [7, 11) is 1.24. The molecule has 4 unspecified atom stereocenters. The number of methoxy groups -OCH3 is 1. The SMILES string of the molecule is CCCC(C)C(=O)Oc1ccc(CC(N)(C[C@H](C)OC(=O)CC(C)CC)C(=O)OC)cc1OC(=O)C(C)CCC. The van der Waals surface area contributed by atoms with Crippen LogP contribution in [-0.2, 0) is 35.1 Å². The van der Waals surface area contributed by atoms with Gasteiger partial charge in [0, 0.05) is 19.3 Å². The summed E-state index contributed by atoms with van der Waals surface area (Å²) in [4.78, 5) is 50.5. The van der Waals surface area contributed by atoms with Crippen LogP contribution >= 0.6 is 0 Å². The first-order chi connectivity index (χ1) is 18.8. The third kappa shape index (κ3) is 11.3. The first-order valence-corrected chi connectivity index (χ1v) is 14.4. The molecule has 0 aromatic heterocycles. The normalized spacial score (nSPS) is 15.6. The van der Waals surface area contributed by atoms with Crippen LogP contribution in [0.3, 0.4) is 0 Å².